The van der Waals surface area contributed by atoms with Crippen molar-refractivity contribution in [3.8, 4) is 0 Å². The molecule has 5 nitrogen and oxygen atoms in total. The Labute approximate surface area is 178 Å². The third-order valence-corrected chi connectivity index (χ3v) is 6.11. The number of nitrogens with zero attached hydrogens (tertiary/aromatic N) is 2. The summed E-state index contributed by atoms with van der Waals surface area (Å²) in [6.45, 7) is 6.31. The van der Waals surface area contributed by atoms with Gasteiger partial charge in [-0.15, -0.1) is 0 Å². The van der Waals surface area contributed by atoms with Crippen LogP contribution in [0.5, 0.6) is 0 Å². The van der Waals surface area contributed by atoms with Gasteiger partial charge in [0, 0.05) is 15.8 Å². The molecule has 0 fully saturated rings. The van der Waals surface area contributed by atoms with E-state index in [1.54, 1.807) is 4.57 Å². The van der Waals surface area contributed by atoms with Gasteiger partial charge in [0.1, 0.15) is 0 Å². The largest absolute Gasteiger partial charge is 0.329 e. The van der Waals surface area contributed by atoms with Crippen LogP contribution in [0.15, 0.2) is 74.1 Å². The maximum Gasteiger partial charge on any atom is 0.329 e. The third kappa shape index (κ3) is 4.09. The van der Waals surface area contributed by atoms with E-state index in [-0.39, 0.29) is 5.56 Å². The molecule has 0 unspecified atom stereocenters. The Morgan fingerprint density at radius 2 is 1.73 bits per heavy atom. The average molecular weight is 418 g/mol. The van der Waals surface area contributed by atoms with Crippen LogP contribution in [0, 0.1) is 13.8 Å². The molecule has 0 bridgehead atoms. The minimum absolute atomic E-state index is 0.292. The normalized spacial score (nSPS) is 11.2. The van der Waals surface area contributed by atoms with Crippen LogP contribution in [0.2, 0.25) is 0 Å². The highest BCUT2D eigenvalue weighted by atomic mass is 32.2. The van der Waals surface area contributed by atoms with Crippen molar-refractivity contribution >= 4 is 22.7 Å². The van der Waals surface area contributed by atoms with Crippen LogP contribution < -0.4 is 11.2 Å². The van der Waals surface area contributed by atoms with Crippen molar-refractivity contribution in [1.29, 1.82) is 0 Å². The molecule has 2 aromatic heterocycles. The van der Waals surface area contributed by atoms with E-state index in [4.69, 9.17) is 4.98 Å². The first-order valence-electron chi connectivity index (χ1n) is 9.91. The molecule has 4 aromatic rings. The molecular weight excluding hydrogens is 394 g/mol. The lowest BCUT2D eigenvalue weighted by atomic mass is 10.2. The summed E-state index contributed by atoms with van der Waals surface area (Å²) in [4.78, 5) is 33.5. The summed E-state index contributed by atoms with van der Waals surface area (Å²) in [6.07, 6.45) is 0.536. The first-order valence-corrected chi connectivity index (χ1v) is 10.7. The first-order chi connectivity index (χ1) is 14.4. The van der Waals surface area contributed by atoms with E-state index in [9.17, 15) is 9.59 Å². The Morgan fingerprint density at radius 3 is 2.47 bits per heavy atom. The fraction of sp³-hybridized carbons (Fsp3) is 0.208. The van der Waals surface area contributed by atoms with Crippen LogP contribution in [0.1, 0.15) is 29.3 Å². The Morgan fingerprint density at radius 1 is 1.00 bits per heavy atom. The highest BCUT2D eigenvalue weighted by Gasteiger charge is 2.16. The predicted molar refractivity (Wildman–Crippen MR) is 122 cm³/mol. The minimum atomic E-state index is -0.418. The second kappa shape index (κ2) is 8.32. The van der Waals surface area contributed by atoms with Gasteiger partial charge in [-0.25, -0.2) is 4.79 Å². The topological polar surface area (TPSA) is 67.8 Å². The van der Waals surface area contributed by atoms with Gasteiger partial charge < -0.3 is 0 Å². The second-order valence-corrected chi connectivity index (χ2v) is 8.47. The lowest BCUT2D eigenvalue weighted by Crippen LogP contribution is -2.34. The molecule has 2 aromatic carbocycles. The molecule has 4 rings (SSSR count). The Kier molecular flexibility index (Phi) is 5.59. The summed E-state index contributed by atoms with van der Waals surface area (Å²) in [5.41, 5.74) is 3.81. The van der Waals surface area contributed by atoms with Gasteiger partial charge in [-0.1, -0.05) is 49.0 Å². The smallest absolute Gasteiger partial charge is 0.281 e. The van der Waals surface area contributed by atoms with Gasteiger partial charge in [0.15, 0.2) is 0 Å². The molecular formula is C24H23N3O2S. The molecule has 152 valence electrons. The van der Waals surface area contributed by atoms with Crippen LogP contribution in [-0.2, 0) is 13.0 Å². The number of pyridine rings is 1. The van der Waals surface area contributed by atoms with Crippen molar-refractivity contribution in [1.82, 2.24) is 14.5 Å². The summed E-state index contributed by atoms with van der Waals surface area (Å²) in [5.74, 6) is 0. The van der Waals surface area contributed by atoms with Gasteiger partial charge in [-0.05, 0) is 55.7 Å². The first kappa shape index (κ1) is 20.2. The summed E-state index contributed by atoms with van der Waals surface area (Å²) in [7, 11) is 0. The molecule has 0 amide bonds. The number of hydrogen-bond acceptors (Lipinski definition) is 4. The minimum Gasteiger partial charge on any atom is -0.281 e. The number of rotatable bonds is 5. The Balaban J connectivity index is 1.83. The number of hydrogen-bond donors (Lipinski definition) is 1. The molecule has 0 radical (unpaired) electrons. The number of benzene rings is 2. The SMILES string of the molecule is CCc1c(Sc2cc(C)cc(C)c2)n(Cc2ccc3ccccc3n2)c(=O)[nH]c1=O. The molecule has 0 aliphatic rings. The lowest BCUT2D eigenvalue weighted by molar-refractivity contribution is 0.626. The molecule has 0 atom stereocenters. The molecule has 0 aliphatic carbocycles. The van der Waals surface area contributed by atoms with Crippen molar-refractivity contribution in [2.45, 2.75) is 43.7 Å². The van der Waals surface area contributed by atoms with Gasteiger partial charge >= 0.3 is 5.69 Å². The van der Waals surface area contributed by atoms with Crippen LogP contribution in [0.3, 0.4) is 0 Å². The van der Waals surface area contributed by atoms with E-state index in [1.807, 2.05) is 57.2 Å². The van der Waals surface area contributed by atoms with Crippen molar-refractivity contribution in [2.24, 2.45) is 0 Å². The lowest BCUT2D eigenvalue weighted by Gasteiger charge is -2.16. The number of fused-ring (bicyclic) bond motifs is 1. The number of aromatic amines is 1. The van der Waals surface area contributed by atoms with E-state index < -0.39 is 5.69 Å². The molecule has 0 saturated heterocycles. The van der Waals surface area contributed by atoms with Crippen molar-refractivity contribution in [3.63, 3.8) is 0 Å². The predicted octanol–water partition coefficient (Wildman–Crippen LogP) is 4.46. The van der Waals surface area contributed by atoms with Gasteiger partial charge in [0.2, 0.25) is 0 Å². The summed E-state index contributed by atoms with van der Waals surface area (Å²) >= 11 is 1.46. The quantitative estimate of drug-likeness (QED) is 0.487. The standard InChI is InChI=1S/C24H23N3O2S/c1-4-20-22(28)26-24(29)27(23(20)30-19-12-15(2)11-16(3)13-19)14-18-10-9-17-7-5-6-8-21(17)25-18/h5-13H,4,14H2,1-3H3,(H,26,28,29). The highest BCUT2D eigenvalue weighted by molar-refractivity contribution is 7.99. The molecule has 2 heterocycles. The molecule has 6 heteroatoms. The van der Waals surface area contributed by atoms with Crippen molar-refractivity contribution < 1.29 is 0 Å². The van der Waals surface area contributed by atoms with Crippen LogP contribution in [0.4, 0.5) is 0 Å². The van der Waals surface area contributed by atoms with Crippen molar-refractivity contribution in [2.75, 3.05) is 0 Å². The van der Waals surface area contributed by atoms with Gasteiger partial charge in [-0.3, -0.25) is 19.3 Å². The zero-order valence-corrected chi connectivity index (χ0v) is 18.0. The number of nitrogens with one attached hydrogen (secondary N) is 1. The molecule has 1 N–H and O–H groups in total. The zero-order chi connectivity index (χ0) is 21.3. The van der Waals surface area contributed by atoms with Gasteiger partial charge in [-0.2, -0.15) is 0 Å². The Hall–Kier alpha value is -3.12. The maximum atomic E-state index is 12.8. The van der Waals surface area contributed by atoms with Crippen molar-refractivity contribution in [3.05, 3.63) is 97.8 Å². The third-order valence-electron chi connectivity index (χ3n) is 4.98. The zero-order valence-electron chi connectivity index (χ0n) is 17.2. The van der Waals surface area contributed by atoms with E-state index in [0.29, 0.717) is 23.6 Å². The fourth-order valence-electron chi connectivity index (χ4n) is 3.63. The Bertz CT molecular complexity index is 1330. The molecule has 30 heavy (non-hydrogen) atoms. The number of aromatic nitrogens is 3. The summed E-state index contributed by atoms with van der Waals surface area (Å²) in [6, 6.07) is 18.1. The number of H-pyrrole nitrogens is 1. The van der Waals surface area contributed by atoms with Crippen LogP contribution in [-0.4, -0.2) is 14.5 Å². The maximum absolute atomic E-state index is 12.8. The molecule has 0 saturated carbocycles. The monoisotopic (exact) mass is 417 g/mol. The number of para-hydroxylation sites is 1. The van der Waals surface area contributed by atoms with Crippen LogP contribution >= 0.6 is 11.8 Å². The highest BCUT2D eigenvalue weighted by Crippen LogP contribution is 2.30. The fourth-order valence-corrected chi connectivity index (χ4v) is 4.96. The van der Waals surface area contributed by atoms with E-state index in [1.165, 1.54) is 11.8 Å². The van der Waals surface area contributed by atoms with Gasteiger partial charge in [0.05, 0.1) is 22.8 Å². The average Bonchev–Trinajstić information content (AvgIpc) is 2.70. The van der Waals surface area contributed by atoms with Gasteiger partial charge in [0.25, 0.3) is 5.56 Å². The summed E-state index contributed by atoms with van der Waals surface area (Å²) in [5, 5.41) is 1.72. The van der Waals surface area contributed by atoms with E-state index >= 15 is 0 Å². The molecule has 0 spiro atoms. The van der Waals surface area contributed by atoms with E-state index in [0.717, 1.165) is 32.6 Å². The van der Waals surface area contributed by atoms with Crippen LogP contribution in [0.25, 0.3) is 10.9 Å². The molecule has 0 aliphatic heterocycles. The second-order valence-electron chi connectivity index (χ2n) is 7.40. The summed E-state index contributed by atoms with van der Waals surface area (Å²) < 4.78 is 1.62. The van der Waals surface area contributed by atoms with E-state index in [2.05, 4.69) is 23.2 Å². The number of aryl methyl sites for hydroxylation is 2.